The molecule has 0 aromatic heterocycles. The zero-order valence-electron chi connectivity index (χ0n) is 15.1. The number of aryl methyl sites for hydroxylation is 2. The zero-order valence-corrected chi connectivity index (χ0v) is 15.9. The van der Waals surface area contributed by atoms with Crippen molar-refractivity contribution in [1.29, 1.82) is 5.26 Å². The van der Waals surface area contributed by atoms with E-state index in [0.29, 0.717) is 17.1 Å². The number of thioether (sulfide) groups is 1. The molecule has 0 saturated carbocycles. The Bertz CT molecular complexity index is 974. The molecular weight excluding hydrogens is 358 g/mol. The van der Waals surface area contributed by atoms with Crippen molar-refractivity contribution >= 4 is 29.3 Å². The first-order valence-corrected chi connectivity index (χ1v) is 9.35. The molecule has 1 fully saturated rings. The molecule has 2 aromatic carbocycles. The van der Waals surface area contributed by atoms with Gasteiger partial charge < -0.3 is 5.73 Å². The highest BCUT2D eigenvalue weighted by Crippen LogP contribution is 2.41. The molecular formula is C21H19N3O2S. The summed E-state index contributed by atoms with van der Waals surface area (Å²) in [7, 11) is 0. The van der Waals surface area contributed by atoms with Gasteiger partial charge >= 0.3 is 0 Å². The van der Waals surface area contributed by atoms with Gasteiger partial charge in [0.1, 0.15) is 16.7 Å². The molecule has 3 rings (SSSR count). The number of primary amides is 1. The highest BCUT2D eigenvalue weighted by Gasteiger charge is 2.40. The fourth-order valence-corrected chi connectivity index (χ4v) is 4.30. The van der Waals surface area contributed by atoms with Crippen LogP contribution in [0.25, 0.3) is 0 Å². The summed E-state index contributed by atoms with van der Waals surface area (Å²) >= 11 is 1.22. The van der Waals surface area contributed by atoms with Gasteiger partial charge in [-0.3, -0.25) is 14.5 Å². The quantitative estimate of drug-likeness (QED) is 0.655. The van der Waals surface area contributed by atoms with Crippen molar-refractivity contribution in [2.45, 2.75) is 25.5 Å². The number of amides is 2. The molecule has 0 radical (unpaired) electrons. The number of nitrogens with two attached hydrogens (primary N) is 1. The maximum absolute atomic E-state index is 13.1. The van der Waals surface area contributed by atoms with Gasteiger partial charge in [0.15, 0.2) is 0 Å². The summed E-state index contributed by atoms with van der Waals surface area (Å²) in [6, 6.07) is 17.2. The van der Waals surface area contributed by atoms with Gasteiger partial charge in [-0.15, -0.1) is 0 Å². The molecule has 1 atom stereocenters. The Labute approximate surface area is 162 Å². The lowest BCUT2D eigenvalue weighted by molar-refractivity contribution is -0.117. The van der Waals surface area contributed by atoms with Crippen LogP contribution < -0.4 is 10.6 Å². The summed E-state index contributed by atoms with van der Waals surface area (Å²) in [5.74, 6) is -0.990. The van der Waals surface area contributed by atoms with Gasteiger partial charge in [-0.25, -0.2) is 0 Å². The molecule has 1 aliphatic rings. The minimum atomic E-state index is -0.832. The van der Waals surface area contributed by atoms with Gasteiger partial charge in [0.25, 0.3) is 5.91 Å². The summed E-state index contributed by atoms with van der Waals surface area (Å²) in [4.78, 5) is 26.3. The Balaban J connectivity index is 2.03. The van der Waals surface area contributed by atoms with E-state index in [0.717, 1.165) is 16.7 Å². The van der Waals surface area contributed by atoms with Crippen molar-refractivity contribution in [3.8, 4) is 6.07 Å². The van der Waals surface area contributed by atoms with Gasteiger partial charge in [-0.1, -0.05) is 59.3 Å². The molecule has 0 bridgehead atoms. The zero-order chi connectivity index (χ0) is 19.6. The molecule has 1 saturated heterocycles. The Morgan fingerprint density at radius 1 is 1.19 bits per heavy atom. The third-order valence-electron chi connectivity index (χ3n) is 4.32. The van der Waals surface area contributed by atoms with Gasteiger partial charge in [-0.2, -0.15) is 5.26 Å². The van der Waals surface area contributed by atoms with Crippen molar-refractivity contribution < 1.29 is 9.59 Å². The topological polar surface area (TPSA) is 87.2 Å². The molecule has 2 amide bonds. The monoisotopic (exact) mass is 377 g/mol. The van der Waals surface area contributed by atoms with Crippen LogP contribution in [-0.4, -0.2) is 17.1 Å². The molecule has 27 heavy (non-hydrogen) atoms. The second-order valence-electron chi connectivity index (χ2n) is 6.47. The highest BCUT2D eigenvalue weighted by atomic mass is 32.2. The molecule has 2 N–H and O–H groups in total. The predicted molar refractivity (Wildman–Crippen MR) is 107 cm³/mol. The number of hydrogen-bond acceptors (Lipinski definition) is 4. The van der Waals surface area contributed by atoms with Gasteiger partial charge in [0.2, 0.25) is 5.91 Å². The third kappa shape index (κ3) is 3.88. The first-order valence-electron chi connectivity index (χ1n) is 8.47. The molecule has 1 aliphatic heterocycles. The van der Waals surface area contributed by atoms with Crippen LogP contribution in [-0.2, 0) is 16.0 Å². The van der Waals surface area contributed by atoms with Crippen LogP contribution in [0.5, 0.6) is 0 Å². The maximum atomic E-state index is 13.1. The lowest BCUT2D eigenvalue weighted by atomic mass is 10.1. The standard InChI is InChI=1S/C21H19N3O2S/c1-13-6-8-16(9-7-13)24-20(26)18(11-15-5-3-4-14(2)10-15)27-21(24)17(12-22)19(23)25/h3-10,18H,11H2,1-2H3,(H2,23,25)/b21-17+/t18-/m0/s1. The van der Waals surface area contributed by atoms with Crippen LogP contribution in [0, 0.1) is 25.2 Å². The molecule has 2 aromatic rings. The average Bonchev–Trinajstić information content (AvgIpc) is 2.92. The molecule has 5 nitrogen and oxygen atoms in total. The Kier molecular flexibility index (Phi) is 5.33. The van der Waals surface area contributed by atoms with E-state index in [4.69, 9.17) is 5.73 Å². The van der Waals surface area contributed by atoms with Crippen molar-refractivity contribution in [3.05, 3.63) is 75.8 Å². The van der Waals surface area contributed by atoms with Crippen molar-refractivity contribution in [3.63, 3.8) is 0 Å². The van der Waals surface area contributed by atoms with Crippen molar-refractivity contribution in [2.75, 3.05) is 4.90 Å². The van der Waals surface area contributed by atoms with E-state index in [1.807, 2.05) is 56.3 Å². The number of hydrogen-bond donors (Lipinski definition) is 1. The number of benzene rings is 2. The van der Waals surface area contributed by atoms with E-state index < -0.39 is 11.2 Å². The molecule has 0 unspecified atom stereocenters. The lowest BCUT2D eigenvalue weighted by Crippen LogP contribution is -2.31. The van der Waals surface area contributed by atoms with Gasteiger partial charge in [0, 0.05) is 5.69 Å². The van der Waals surface area contributed by atoms with Crippen LogP contribution in [0.15, 0.2) is 59.1 Å². The normalized spacial score (nSPS) is 18.3. The smallest absolute Gasteiger partial charge is 0.262 e. The van der Waals surface area contributed by atoms with E-state index in [1.165, 1.54) is 16.7 Å². The largest absolute Gasteiger partial charge is 0.365 e. The van der Waals surface area contributed by atoms with Crippen molar-refractivity contribution in [2.24, 2.45) is 5.73 Å². The van der Waals surface area contributed by atoms with Crippen molar-refractivity contribution in [1.82, 2.24) is 0 Å². The molecule has 0 aliphatic carbocycles. The summed E-state index contributed by atoms with van der Waals surface area (Å²) in [5, 5.41) is 9.28. The van der Waals surface area contributed by atoms with Gasteiger partial charge in [0.05, 0.1) is 5.25 Å². The summed E-state index contributed by atoms with van der Waals surface area (Å²) < 4.78 is 0. The second kappa shape index (κ2) is 7.68. The first kappa shape index (κ1) is 18.7. The lowest BCUT2D eigenvalue weighted by Gasteiger charge is -2.18. The minimum absolute atomic E-state index is 0.158. The molecule has 0 spiro atoms. The Morgan fingerprint density at radius 3 is 2.48 bits per heavy atom. The third-order valence-corrected chi connectivity index (χ3v) is 5.58. The summed E-state index contributed by atoms with van der Waals surface area (Å²) in [6.07, 6.45) is 0.508. The highest BCUT2D eigenvalue weighted by molar-refractivity contribution is 8.05. The van der Waals surface area contributed by atoms with E-state index in [2.05, 4.69) is 0 Å². The fourth-order valence-electron chi connectivity index (χ4n) is 2.98. The van der Waals surface area contributed by atoms with Crippen LogP contribution in [0.2, 0.25) is 0 Å². The summed E-state index contributed by atoms with van der Waals surface area (Å²) in [5.41, 5.74) is 9.01. The van der Waals surface area contributed by atoms with Crippen LogP contribution >= 0.6 is 11.8 Å². The minimum Gasteiger partial charge on any atom is -0.365 e. The van der Waals surface area contributed by atoms with Crippen LogP contribution in [0.3, 0.4) is 0 Å². The van der Waals surface area contributed by atoms with E-state index in [1.54, 1.807) is 12.1 Å². The van der Waals surface area contributed by atoms with E-state index in [9.17, 15) is 14.9 Å². The predicted octanol–water partition coefficient (Wildman–Crippen LogP) is 3.22. The Hall–Kier alpha value is -3.04. The van der Waals surface area contributed by atoms with E-state index >= 15 is 0 Å². The first-order chi connectivity index (χ1) is 12.9. The summed E-state index contributed by atoms with van der Waals surface area (Å²) in [6.45, 7) is 3.95. The molecule has 136 valence electrons. The fraction of sp³-hybridized carbons (Fsp3) is 0.190. The number of anilines is 1. The van der Waals surface area contributed by atoms with E-state index in [-0.39, 0.29) is 11.5 Å². The van der Waals surface area contributed by atoms with Gasteiger partial charge in [-0.05, 0) is 38.0 Å². The maximum Gasteiger partial charge on any atom is 0.262 e. The number of nitriles is 1. The second-order valence-corrected chi connectivity index (χ2v) is 7.66. The van der Waals surface area contributed by atoms with Crippen LogP contribution in [0.4, 0.5) is 5.69 Å². The number of carbonyl (C=O) groups excluding carboxylic acids is 2. The number of nitrogens with zero attached hydrogens (tertiary/aromatic N) is 2. The SMILES string of the molecule is Cc1ccc(N2C(=O)[C@H](Cc3cccc(C)c3)S/C2=C(\C#N)C(N)=O)cc1. The average molecular weight is 377 g/mol. The number of carbonyl (C=O) groups is 2. The van der Waals surface area contributed by atoms with Crippen LogP contribution in [0.1, 0.15) is 16.7 Å². The number of rotatable bonds is 4. The Morgan fingerprint density at radius 2 is 1.89 bits per heavy atom. The molecule has 1 heterocycles. The molecule has 6 heteroatoms.